The average molecular weight is 554 g/mol. The topological polar surface area (TPSA) is 103 Å². The number of nitro benzene ring substituents is 1. The molecular weight excluding hydrogens is 534 g/mol. The van der Waals surface area contributed by atoms with Crippen LogP contribution in [-0.2, 0) is 6.61 Å². The Kier molecular flexibility index (Phi) is 7.42. The Balaban J connectivity index is 1.44. The predicted octanol–water partition coefficient (Wildman–Crippen LogP) is 6.23. The monoisotopic (exact) mass is 553 g/mol. The Morgan fingerprint density at radius 1 is 1.20 bits per heavy atom. The van der Waals surface area contributed by atoms with Crippen molar-refractivity contribution in [3.63, 3.8) is 0 Å². The third-order valence-electron chi connectivity index (χ3n) is 5.03. The zero-order valence-electron chi connectivity index (χ0n) is 18.8. The van der Waals surface area contributed by atoms with E-state index in [0.29, 0.717) is 38.4 Å². The SMILES string of the molecule is COc1cc(/C=N\NC(=O)c2cc3cc([N+](=O)[O-])ccc3s2)cc(Br)c1OCc1cccc(C)c1. The maximum atomic E-state index is 12.5. The minimum atomic E-state index is -0.466. The maximum absolute atomic E-state index is 12.5. The fraction of sp³-hybridized carbons (Fsp3) is 0.120. The molecule has 0 fully saturated rings. The van der Waals surface area contributed by atoms with Crippen LogP contribution in [0.15, 0.2) is 70.2 Å². The van der Waals surface area contributed by atoms with Gasteiger partial charge in [0.2, 0.25) is 0 Å². The van der Waals surface area contributed by atoms with Gasteiger partial charge < -0.3 is 9.47 Å². The van der Waals surface area contributed by atoms with Crippen molar-refractivity contribution in [2.45, 2.75) is 13.5 Å². The van der Waals surface area contributed by atoms with Gasteiger partial charge in [-0.1, -0.05) is 29.8 Å². The first-order chi connectivity index (χ1) is 16.8. The molecule has 8 nitrogen and oxygen atoms in total. The number of carbonyl (C=O) groups is 1. The van der Waals surface area contributed by atoms with Gasteiger partial charge in [0.15, 0.2) is 11.5 Å². The molecule has 4 aromatic rings. The van der Waals surface area contributed by atoms with Crippen molar-refractivity contribution >= 4 is 55.2 Å². The zero-order valence-corrected chi connectivity index (χ0v) is 21.2. The van der Waals surface area contributed by atoms with Gasteiger partial charge in [-0.15, -0.1) is 11.3 Å². The highest BCUT2D eigenvalue weighted by Crippen LogP contribution is 2.37. The number of rotatable bonds is 8. The molecule has 0 bridgehead atoms. The number of amides is 1. The first-order valence-corrected chi connectivity index (χ1v) is 12.0. The number of benzene rings is 3. The summed E-state index contributed by atoms with van der Waals surface area (Å²) >= 11 is 4.75. The number of hydrogen-bond acceptors (Lipinski definition) is 7. The number of nitrogens with one attached hydrogen (secondary N) is 1. The van der Waals surface area contributed by atoms with Gasteiger partial charge >= 0.3 is 0 Å². The molecule has 0 aliphatic rings. The number of ether oxygens (including phenoxy) is 2. The lowest BCUT2D eigenvalue weighted by molar-refractivity contribution is -0.384. The Labute approximate surface area is 213 Å². The van der Waals surface area contributed by atoms with Gasteiger partial charge in [-0.05, 0) is 58.2 Å². The van der Waals surface area contributed by atoms with Gasteiger partial charge in [0, 0.05) is 22.2 Å². The molecule has 35 heavy (non-hydrogen) atoms. The fourth-order valence-electron chi connectivity index (χ4n) is 3.39. The summed E-state index contributed by atoms with van der Waals surface area (Å²) in [6.07, 6.45) is 1.49. The first kappa shape index (κ1) is 24.4. The molecule has 10 heteroatoms. The molecule has 4 rings (SSSR count). The largest absolute Gasteiger partial charge is 0.493 e. The number of non-ortho nitro benzene ring substituents is 1. The highest BCUT2D eigenvalue weighted by molar-refractivity contribution is 9.10. The minimum absolute atomic E-state index is 0.0221. The molecule has 0 spiro atoms. The number of halogens is 1. The molecule has 1 N–H and O–H groups in total. The van der Waals surface area contributed by atoms with Crippen LogP contribution in [0.4, 0.5) is 5.69 Å². The van der Waals surface area contributed by atoms with E-state index in [9.17, 15) is 14.9 Å². The van der Waals surface area contributed by atoms with Gasteiger partial charge in [-0.3, -0.25) is 14.9 Å². The van der Waals surface area contributed by atoms with Crippen molar-refractivity contribution in [3.05, 3.63) is 96.8 Å². The van der Waals surface area contributed by atoms with Gasteiger partial charge in [-0.2, -0.15) is 5.10 Å². The third kappa shape index (κ3) is 5.84. The summed E-state index contributed by atoms with van der Waals surface area (Å²) in [4.78, 5) is 23.4. The van der Waals surface area contributed by atoms with E-state index in [0.717, 1.165) is 15.8 Å². The van der Waals surface area contributed by atoms with Crippen LogP contribution in [0.2, 0.25) is 0 Å². The summed E-state index contributed by atoms with van der Waals surface area (Å²) in [6.45, 7) is 2.41. The van der Waals surface area contributed by atoms with Gasteiger partial charge in [-0.25, -0.2) is 5.43 Å². The number of nitro groups is 1. The lowest BCUT2D eigenvalue weighted by atomic mass is 10.1. The minimum Gasteiger partial charge on any atom is -0.493 e. The number of carbonyl (C=O) groups excluding carboxylic acids is 1. The molecule has 1 heterocycles. The number of fused-ring (bicyclic) bond motifs is 1. The molecule has 3 aromatic carbocycles. The number of nitrogens with zero attached hydrogens (tertiary/aromatic N) is 2. The Morgan fingerprint density at radius 3 is 2.77 bits per heavy atom. The van der Waals surface area contributed by atoms with E-state index in [4.69, 9.17) is 9.47 Å². The highest BCUT2D eigenvalue weighted by Gasteiger charge is 2.14. The smallest absolute Gasteiger partial charge is 0.281 e. The van der Waals surface area contributed by atoms with Crippen molar-refractivity contribution < 1.29 is 19.2 Å². The van der Waals surface area contributed by atoms with Crippen LogP contribution in [-0.4, -0.2) is 24.2 Å². The molecule has 0 saturated heterocycles. The zero-order chi connectivity index (χ0) is 24.9. The van der Waals surface area contributed by atoms with Gasteiger partial charge in [0.1, 0.15) is 6.61 Å². The molecule has 178 valence electrons. The molecule has 0 atom stereocenters. The maximum Gasteiger partial charge on any atom is 0.281 e. The summed E-state index contributed by atoms with van der Waals surface area (Å²) in [5.41, 5.74) is 5.35. The van der Waals surface area contributed by atoms with E-state index < -0.39 is 10.8 Å². The second kappa shape index (κ2) is 10.7. The number of hydrazone groups is 1. The molecule has 0 aliphatic heterocycles. The van der Waals surface area contributed by atoms with Crippen LogP contribution >= 0.6 is 27.3 Å². The first-order valence-electron chi connectivity index (χ1n) is 10.4. The van der Waals surface area contributed by atoms with E-state index in [1.807, 2.05) is 31.2 Å². The molecule has 0 aliphatic carbocycles. The summed E-state index contributed by atoms with van der Waals surface area (Å²) < 4.78 is 12.9. The van der Waals surface area contributed by atoms with Crippen LogP contribution in [0.1, 0.15) is 26.4 Å². The summed E-state index contributed by atoms with van der Waals surface area (Å²) in [5.74, 6) is 0.676. The van der Waals surface area contributed by atoms with E-state index in [1.165, 1.54) is 29.7 Å². The number of methoxy groups -OCH3 is 1. The standard InChI is InChI=1S/C25H20BrN3O5S/c1-15-4-3-5-16(8-15)14-34-24-20(26)9-17(10-21(24)33-2)13-27-28-25(30)23-12-18-11-19(29(31)32)6-7-22(18)35-23/h3-13H,14H2,1-2H3,(H,28,30)/b27-13-. The number of hydrogen-bond donors (Lipinski definition) is 1. The van der Waals surface area contributed by atoms with Crippen LogP contribution in [0.3, 0.4) is 0 Å². The van der Waals surface area contributed by atoms with Gasteiger partial charge in [0.05, 0.1) is 27.6 Å². The van der Waals surface area contributed by atoms with Crippen LogP contribution in [0.5, 0.6) is 11.5 Å². The second-order valence-electron chi connectivity index (χ2n) is 7.60. The van der Waals surface area contributed by atoms with E-state index in [1.54, 1.807) is 25.3 Å². The van der Waals surface area contributed by atoms with E-state index in [-0.39, 0.29) is 5.69 Å². The molecule has 1 amide bonds. The Hall–Kier alpha value is -3.76. The Bertz CT molecular complexity index is 1450. The van der Waals surface area contributed by atoms with Crippen LogP contribution < -0.4 is 14.9 Å². The van der Waals surface area contributed by atoms with Crippen LogP contribution in [0, 0.1) is 17.0 Å². The van der Waals surface area contributed by atoms with E-state index >= 15 is 0 Å². The van der Waals surface area contributed by atoms with E-state index in [2.05, 4.69) is 32.5 Å². The normalized spacial score (nSPS) is 11.1. The van der Waals surface area contributed by atoms with Crippen molar-refractivity contribution in [3.8, 4) is 11.5 Å². The number of thiophene rings is 1. The third-order valence-corrected chi connectivity index (χ3v) is 6.74. The lowest BCUT2D eigenvalue weighted by Gasteiger charge is -2.13. The van der Waals surface area contributed by atoms with Crippen molar-refractivity contribution in [1.82, 2.24) is 5.43 Å². The summed E-state index contributed by atoms with van der Waals surface area (Å²) in [7, 11) is 1.55. The molecule has 1 aromatic heterocycles. The summed E-state index contributed by atoms with van der Waals surface area (Å²) in [5, 5.41) is 15.6. The highest BCUT2D eigenvalue weighted by atomic mass is 79.9. The number of aryl methyl sites for hydroxylation is 1. The van der Waals surface area contributed by atoms with Crippen molar-refractivity contribution in [2.75, 3.05) is 7.11 Å². The lowest BCUT2D eigenvalue weighted by Crippen LogP contribution is -2.16. The predicted molar refractivity (Wildman–Crippen MR) is 140 cm³/mol. The molecule has 0 saturated carbocycles. The fourth-order valence-corrected chi connectivity index (χ4v) is 4.90. The molecule has 0 radical (unpaired) electrons. The summed E-state index contributed by atoms with van der Waals surface area (Å²) in [6, 6.07) is 17.7. The Morgan fingerprint density at radius 2 is 2.03 bits per heavy atom. The molecular formula is C25H20BrN3O5S. The molecule has 0 unspecified atom stereocenters. The van der Waals surface area contributed by atoms with Crippen molar-refractivity contribution in [2.24, 2.45) is 5.10 Å². The second-order valence-corrected chi connectivity index (χ2v) is 9.54. The quantitative estimate of drug-likeness (QED) is 0.158. The van der Waals surface area contributed by atoms with Gasteiger partial charge in [0.25, 0.3) is 11.6 Å². The van der Waals surface area contributed by atoms with Crippen LogP contribution in [0.25, 0.3) is 10.1 Å². The van der Waals surface area contributed by atoms with Crippen molar-refractivity contribution in [1.29, 1.82) is 0 Å². The average Bonchev–Trinajstić information content (AvgIpc) is 3.26.